The summed E-state index contributed by atoms with van der Waals surface area (Å²) in [5.41, 5.74) is 0.927. The SMILES string of the molecule is CCCC[SiH](Br)C(C)C. The molecule has 0 saturated carbocycles. The second kappa shape index (κ2) is 5.48. The third-order valence-corrected chi connectivity index (χ3v) is 8.51. The minimum Gasteiger partial charge on any atom is -0.131 e. The molecule has 1 atom stereocenters. The minimum atomic E-state index is -0.481. The van der Waals surface area contributed by atoms with Gasteiger partial charge < -0.3 is 0 Å². The second-order valence-electron chi connectivity index (χ2n) is 2.90. The Labute approximate surface area is 68.2 Å². The standard InChI is InChI=1S/C7H17BrSi/c1-4-5-6-9(8)7(2)3/h7,9H,4-6H2,1-3H3. The summed E-state index contributed by atoms with van der Waals surface area (Å²) in [6, 6.07) is 1.47. The van der Waals surface area contributed by atoms with Crippen molar-refractivity contribution in [2.75, 3.05) is 0 Å². The molecule has 2 heteroatoms. The number of unbranched alkanes of at least 4 members (excludes halogenated alkanes) is 1. The van der Waals surface area contributed by atoms with Gasteiger partial charge in [-0.1, -0.05) is 39.7 Å². The Morgan fingerprint density at radius 3 is 2.33 bits per heavy atom. The molecule has 0 radical (unpaired) electrons. The Bertz CT molecular complexity index is 63.9. The van der Waals surface area contributed by atoms with Crippen molar-refractivity contribution in [1.29, 1.82) is 0 Å². The first-order valence-electron chi connectivity index (χ1n) is 3.82. The highest BCUT2D eigenvalue weighted by atomic mass is 79.9. The van der Waals surface area contributed by atoms with Crippen LogP contribution in [0.5, 0.6) is 0 Å². The van der Waals surface area contributed by atoms with Crippen LogP contribution in [-0.4, -0.2) is 7.42 Å². The Balaban J connectivity index is 3.16. The maximum Gasteiger partial charge on any atom is 0.117 e. The summed E-state index contributed by atoms with van der Waals surface area (Å²) in [5, 5.41) is 0. The van der Waals surface area contributed by atoms with Crippen LogP contribution in [-0.2, 0) is 0 Å². The van der Waals surface area contributed by atoms with E-state index in [9.17, 15) is 0 Å². The summed E-state index contributed by atoms with van der Waals surface area (Å²) < 4.78 is 0. The van der Waals surface area contributed by atoms with Gasteiger partial charge in [0.05, 0.1) is 0 Å². The molecular weight excluding hydrogens is 192 g/mol. The molecule has 0 rings (SSSR count). The van der Waals surface area contributed by atoms with Gasteiger partial charge in [0.25, 0.3) is 0 Å². The lowest BCUT2D eigenvalue weighted by Gasteiger charge is -2.09. The largest absolute Gasteiger partial charge is 0.131 e. The second-order valence-corrected chi connectivity index (χ2v) is 9.37. The third-order valence-electron chi connectivity index (χ3n) is 1.56. The number of hydrogen-bond acceptors (Lipinski definition) is 0. The lowest BCUT2D eigenvalue weighted by molar-refractivity contribution is 0.866. The first-order chi connectivity index (χ1) is 4.18. The molecule has 0 bridgehead atoms. The third kappa shape index (κ3) is 5.16. The van der Waals surface area contributed by atoms with Gasteiger partial charge in [-0.15, -0.1) is 15.3 Å². The number of rotatable bonds is 4. The minimum absolute atomic E-state index is 0.481. The van der Waals surface area contributed by atoms with Crippen molar-refractivity contribution in [3.8, 4) is 0 Å². The molecule has 0 fully saturated rings. The molecule has 0 N–H and O–H groups in total. The van der Waals surface area contributed by atoms with E-state index in [2.05, 4.69) is 36.1 Å². The molecule has 0 saturated heterocycles. The van der Waals surface area contributed by atoms with Crippen LogP contribution in [0.3, 0.4) is 0 Å². The van der Waals surface area contributed by atoms with Crippen LogP contribution in [0, 0.1) is 0 Å². The summed E-state index contributed by atoms with van der Waals surface area (Å²) in [6.07, 6.45) is 2.77. The van der Waals surface area contributed by atoms with E-state index in [0.29, 0.717) is 0 Å². The van der Waals surface area contributed by atoms with Crippen molar-refractivity contribution < 1.29 is 0 Å². The Kier molecular flexibility index (Phi) is 5.90. The van der Waals surface area contributed by atoms with Crippen molar-refractivity contribution in [1.82, 2.24) is 0 Å². The Hall–Kier alpha value is 0.697. The van der Waals surface area contributed by atoms with E-state index in [1.54, 1.807) is 0 Å². The predicted octanol–water partition coefficient (Wildman–Crippen LogP) is 3.32. The van der Waals surface area contributed by atoms with Crippen molar-refractivity contribution in [2.45, 2.75) is 45.2 Å². The molecule has 0 aromatic rings. The van der Waals surface area contributed by atoms with E-state index in [4.69, 9.17) is 0 Å². The van der Waals surface area contributed by atoms with Gasteiger partial charge in [-0.25, -0.2) is 0 Å². The first-order valence-corrected chi connectivity index (χ1v) is 8.49. The predicted molar refractivity (Wildman–Crippen MR) is 50.9 cm³/mol. The fraction of sp³-hybridized carbons (Fsp3) is 1.00. The van der Waals surface area contributed by atoms with Gasteiger partial charge in [0.2, 0.25) is 0 Å². The van der Waals surface area contributed by atoms with Crippen molar-refractivity contribution in [3.63, 3.8) is 0 Å². The summed E-state index contributed by atoms with van der Waals surface area (Å²) in [5.74, 6) is 0. The molecule has 0 heterocycles. The molecule has 0 aliphatic heterocycles. The van der Waals surface area contributed by atoms with Crippen LogP contribution in [0.2, 0.25) is 11.6 Å². The van der Waals surface area contributed by atoms with E-state index < -0.39 is 7.42 Å². The van der Waals surface area contributed by atoms with Gasteiger partial charge in [0.1, 0.15) is 7.42 Å². The van der Waals surface area contributed by atoms with Gasteiger partial charge in [0.15, 0.2) is 0 Å². The average molecular weight is 209 g/mol. The monoisotopic (exact) mass is 208 g/mol. The summed E-state index contributed by atoms with van der Waals surface area (Å²) in [6.45, 7) is 6.90. The molecule has 0 amide bonds. The molecular formula is C7H17BrSi. The normalized spacial score (nSPS) is 14.3. The maximum atomic E-state index is 3.78. The van der Waals surface area contributed by atoms with Gasteiger partial charge in [-0.3, -0.25) is 0 Å². The molecule has 9 heavy (non-hydrogen) atoms. The van der Waals surface area contributed by atoms with E-state index in [1.807, 2.05) is 0 Å². The van der Waals surface area contributed by atoms with E-state index in [1.165, 1.54) is 18.9 Å². The summed E-state index contributed by atoms with van der Waals surface area (Å²) in [7, 11) is -0.481. The molecule has 56 valence electrons. The highest BCUT2D eigenvalue weighted by molar-refractivity contribution is 9.24. The quantitative estimate of drug-likeness (QED) is 0.492. The molecule has 1 unspecified atom stereocenters. The summed E-state index contributed by atoms with van der Waals surface area (Å²) in [4.78, 5) is 0. The van der Waals surface area contributed by atoms with E-state index in [0.717, 1.165) is 5.54 Å². The van der Waals surface area contributed by atoms with Crippen LogP contribution in [0.4, 0.5) is 0 Å². The van der Waals surface area contributed by atoms with E-state index >= 15 is 0 Å². The molecule has 0 aromatic heterocycles. The topological polar surface area (TPSA) is 0 Å². The van der Waals surface area contributed by atoms with Gasteiger partial charge >= 0.3 is 0 Å². The molecule has 0 aliphatic rings. The maximum absolute atomic E-state index is 3.78. The van der Waals surface area contributed by atoms with E-state index in [-0.39, 0.29) is 0 Å². The van der Waals surface area contributed by atoms with Crippen LogP contribution in [0.1, 0.15) is 33.6 Å². The summed E-state index contributed by atoms with van der Waals surface area (Å²) >= 11 is 3.78. The number of hydrogen-bond donors (Lipinski definition) is 0. The fourth-order valence-corrected chi connectivity index (χ4v) is 3.17. The van der Waals surface area contributed by atoms with Crippen LogP contribution in [0.25, 0.3) is 0 Å². The van der Waals surface area contributed by atoms with Gasteiger partial charge in [-0.05, 0) is 5.54 Å². The Morgan fingerprint density at radius 2 is 2.00 bits per heavy atom. The fourth-order valence-electron chi connectivity index (χ4n) is 0.732. The molecule has 0 spiro atoms. The lowest BCUT2D eigenvalue weighted by Crippen LogP contribution is -2.06. The zero-order chi connectivity index (χ0) is 7.28. The van der Waals surface area contributed by atoms with Crippen molar-refractivity contribution >= 4 is 22.7 Å². The highest BCUT2D eigenvalue weighted by Gasteiger charge is 2.09. The van der Waals surface area contributed by atoms with Crippen LogP contribution in [0.15, 0.2) is 0 Å². The zero-order valence-corrected chi connectivity index (χ0v) is 9.39. The highest BCUT2D eigenvalue weighted by Crippen LogP contribution is 2.19. The molecule has 0 aliphatic carbocycles. The smallest absolute Gasteiger partial charge is 0.117 e. The van der Waals surface area contributed by atoms with Crippen LogP contribution >= 0.6 is 15.3 Å². The van der Waals surface area contributed by atoms with Crippen molar-refractivity contribution in [2.24, 2.45) is 0 Å². The molecule has 0 nitrogen and oxygen atoms in total. The average Bonchev–Trinajstić information content (AvgIpc) is 1.82. The first kappa shape index (κ1) is 9.70. The Morgan fingerprint density at radius 1 is 1.44 bits per heavy atom. The molecule has 0 aromatic carbocycles. The lowest BCUT2D eigenvalue weighted by atomic mass is 10.4. The van der Waals surface area contributed by atoms with Gasteiger partial charge in [0, 0.05) is 0 Å². The van der Waals surface area contributed by atoms with Gasteiger partial charge in [-0.2, -0.15) is 0 Å². The zero-order valence-electron chi connectivity index (χ0n) is 6.65. The van der Waals surface area contributed by atoms with Crippen LogP contribution < -0.4 is 0 Å². The van der Waals surface area contributed by atoms with Crippen molar-refractivity contribution in [3.05, 3.63) is 0 Å². The number of halogens is 1.